The summed E-state index contributed by atoms with van der Waals surface area (Å²) in [4.78, 5) is 29.9. The van der Waals surface area contributed by atoms with E-state index in [-0.39, 0.29) is 16.2 Å². The molecule has 6 nitrogen and oxygen atoms in total. The number of allylic oxidation sites excluding steroid dienone is 1. The van der Waals surface area contributed by atoms with E-state index in [0.717, 1.165) is 28.9 Å². The average molecular weight is 476 g/mol. The first-order valence-corrected chi connectivity index (χ1v) is 11.7. The average Bonchev–Trinajstić information content (AvgIpc) is 2.77. The molecule has 176 valence electrons. The number of amides is 2. The van der Waals surface area contributed by atoms with Crippen molar-refractivity contribution in [1.29, 1.82) is 0 Å². The second-order valence-corrected chi connectivity index (χ2v) is 9.49. The van der Waals surface area contributed by atoms with Crippen molar-refractivity contribution in [3.05, 3.63) is 64.7 Å². The van der Waals surface area contributed by atoms with Crippen LogP contribution < -0.4 is 19.9 Å². The van der Waals surface area contributed by atoms with Gasteiger partial charge in [-0.2, -0.15) is 0 Å². The Morgan fingerprint density at radius 2 is 1.79 bits per heavy atom. The zero-order valence-electron chi connectivity index (χ0n) is 20.4. The molecule has 2 aromatic carbocycles. The fraction of sp³-hybridized carbons (Fsp3) is 0.296. The Balaban J connectivity index is 1.77. The van der Waals surface area contributed by atoms with Crippen LogP contribution in [0.2, 0.25) is 0 Å². The van der Waals surface area contributed by atoms with Crippen molar-refractivity contribution in [3.8, 4) is 5.75 Å². The van der Waals surface area contributed by atoms with Gasteiger partial charge in [0.15, 0.2) is 5.11 Å². The minimum atomic E-state index is -0.500. The zero-order chi connectivity index (χ0) is 24.8. The lowest BCUT2D eigenvalue weighted by atomic mass is 9.86. The van der Waals surface area contributed by atoms with Crippen LogP contribution in [0.5, 0.6) is 5.75 Å². The monoisotopic (exact) mass is 475 g/mol. The van der Waals surface area contributed by atoms with Gasteiger partial charge in [-0.3, -0.25) is 19.8 Å². The summed E-state index contributed by atoms with van der Waals surface area (Å²) < 4.78 is 5.20. The van der Waals surface area contributed by atoms with Gasteiger partial charge in [-0.05, 0) is 106 Å². The highest BCUT2D eigenvalue weighted by Crippen LogP contribution is 2.40. The summed E-state index contributed by atoms with van der Waals surface area (Å²) in [6, 6.07) is 11.2. The van der Waals surface area contributed by atoms with Gasteiger partial charge < -0.3 is 9.64 Å². The number of fused-ring (bicyclic) bond motifs is 1. The van der Waals surface area contributed by atoms with Gasteiger partial charge in [0.2, 0.25) is 0 Å². The maximum atomic E-state index is 13.4. The van der Waals surface area contributed by atoms with E-state index in [1.54, 1.807) is 37.5 Å². The molecule has 1 fully saturated rings. The molecule has 2 amide bonds. The molecule has 0 unspecified atom stereocenters. The number of carbonyl (C=O) groups is 2. The largest absolute Gasteiger partial charge is 0.497 e. The van der Waals surface area contributed by atoms with Gasteiger partial charge in [-0.15, -0.1) is 0 Å². The number of likely N-dealkylation sites (N-methyl/N-ethyl adjacent to an activating group) is 1. The number of carbonyl (C=O) groups excluding carboxylic acids is 2. The van der Waals surface area contributed by atoms with Crippen LogP contribution in [0.4, 0.5) is 11.4 Å². The molecule has 7 heteroatoms. The van der Waals surface area contributed by atoms with E-state index in [2.05, 4.69) is 56.1 Å². The van der Waals surface area contributed by atoms with Crippen LogP contribution in [0.25, 0.3) is 11.6 Å². The van der Waals surface area contributed by atoms with Crippen LogP contribution in [0.3, 0.4) is 0 Å². The fourth-order valence-corrected chi connectivity index (χ4v) is 5.04. The molecule has 2 heterocycles. The summed E-state index contributed by atoms with van der Waals surface area (Å²) in [5.74, 6) is -0.295. The van der Waals surface area contributed by atoms with Gasteiger partial charge in [-0.1, -0.05) is 6.08 Å². The Bertz CT molecular complexity index is 1260. The SMILES string of the molecule is CCN1c2cc(C)c(/C=C3/C(=O)NC(=S)N(c4ccc(OC)cc4)C3=O)cc2C(C)=CC1(C)C. The quantitative estimate of drug-likeness (QED) is 0.389. The van der Waals surface area contributed by atoms with E-state index >= 15 is 0 Å². The summed E-state index contributed by atoms with van der Waals surface area (Å²) in [5, 5.41) is 2.71. The Labute approximate surface area is 205 Å². The summed E-state index contributed by atoms with van der Waals surface area (Å²) in [6.07, 6.45) is 3.92. The highest BCUT2D eigenvalue weighted by atomic mass is 32.1. The number of hydrogen-bond donors (Lipinski definition) is 1. The van der Waals surface area contributed by atoms with Crippen molar-refractivity contribution in [2.75, 3.05) is 23.5 Å². The Morgan fingerprint density at radius 3 is 2.41 bits per heavy atom. The number of hydrogen-bond acceptors (Lipinski definition) is 5. The van der Waals surface area contributed by atoms with E-state index in [1.807, 2.05) is 6.92 Å². The van der Waals surface area contributed by atoms with E-state index in [4.69, 9.17) is 17.0 Å². The number of nitrogens with zero attached hydrogens (tertiary/aromatic N) is 2. The molecule has 1 saturated heterocycles. The Morgan fingerprint density at radius 1 is 1.12 bits per heavy atom. The van der Waals surface area contributed by atoms with Crippen molar-refractivity contribution < 1.29 is 14.3 Å². The predicted molar refractivity (Wildman–Crippen MR) is 141 cm³/mol. The second kappa shape index (κ2) is 8.72. The van der Waals surface area contributed by atoms with Crippen molar-refractivity contribution in [3.63, 3.8) is 0 Å². The first kappa shape index (κ1) is 23.7. The highest BCUT2D eigenvalue weighted by Gasteiger charge is 2.35. The molecule has 0 radical (unpaired) electrons. The van der Waals surface area contributed by atoms with Crippen molar-refractivity contribution in [1.82, 2.24) is 5.32 Å². The number of nitrogens with one attached hydrogen (secondary N) is 1. The van der Waals surface area contributed by atoms with Gasteiger partial charge in [-0.25, -0.2) is 0 Å². The number of aryl methyl sites for hydroxylation is 1. The number of anilines is 2. The van der Waals surface area contributed by atoms with Crippen LogP contribution in [0, 0.1) is 6.92 Å². The van der Waals surface area contributed by atoms with Gasteiger partial charge >= 0.3 is 0 Å². The Kier molecular flexibility index (Phi) is 6.08. The molecule has 0 atom stereocenters. The topological polar surface area (TPSA) is 61.9 Å². The molecule has 0 aromatic heterocycles. The van der Waals surface area contributed by atoms with Crippen LogP contribution in [-0.4, -0.2) is 36.1 Å². The minimum absolute atomic E-state index is 0.0394. The van der Waals surface area contributed by atoms with Gasteiger partial charge in [0.1, 0.15) is 11.3 Å². The number of benzene rings is 2. The molecule has 4 rings (SSSR count). The molecule has 0 saturated carbocycles. The number of rotatable bonds is 4. The van der Waals surface area contributed by atoms with Crippen LogP contribution in [-0.2, 0) is 9.59 Å². The molecule has 2 aliphatic rings. The van der Waals surface area contributed by atoms with Gasteiger partial charge in [0.25, 0.3) is 11.8 Å². The van der Waals surface area contributed by atoms with Crippen molar-refractivity contribution in [2.45, 2.75) is 40.2 Å². The minimum Gasteiger partial charge on any atom is -0.497 e. The lowest BCUT2D eigenvalue weighted by Gasteiger charge is -2.43. The van der Waals surface area contributed by atoms with Crippen LogP contribution in [0.1, 0.15) is 44.4 Å². The number of ether oxygens (including phenoxy) is 1. The molecule has 0 bridgehead atoms. The first-order chi connectivity index (χ1) is 16.1. The summed E-state index contributed by atoms with van der Waals surface area (Å²) >= 11 is 5.31. The summed E-state index contributed by atoms with van der Waals surface area (Å²) in [7, 11) is 1.57. The standard InChI is InChI=1S/C27H29N3O3S/c1-7-29-23-12-16(2)18(13-21(23)17(3)15-27(29,4)5)14-22-24(31)28-26(34)30(25(22)32)19-8-10-20(33-6)11-9-19/h8-15H,7H2,1-6H3,(H,28,31,34)/b22-14-. The van der Waals surface area contributed by atoms with Crippen LogP contribution in [0.15, 0.2) is 48.0 Å². The van der Waals surface area contributed by atoms with E-state index in [1.165, 1.54) is 10.5 Å². The predicted octanol–water partition coefficient (Wildman–Crippen LogP) is 4.86. The molecule has 2 aromatic rings. The molecule has 34 heavy (non-hydrogen) atoms. The fourth-order valence-electron chi connectivity index (χ4n) is 4.76. The third-order valence-electron chi connectivity index (χ3n) is 6.41. The molecule has 0 aliphatic carbocycles. The third kappa shape index (κ3) is 4.01. The lowest BCUT2D eigenvalue weighted by molar-refractivity contribution is -0.122. The summed E-state index contributed by atoms with van der Waals surface area (Å²) in [6.45, 7) is 11.5. The summed E-state index contributed by atoms with van der Waals surface area (Å²) in [5.41, 5.74) is 5.75. The molecular weight excluding hydrogens is 446 g/mol. The molecule has 2 aliphatic heterocycles. The van der Waals surface area contributed by atoms with Crippen LogP contribution >= 0.6 is 12.2 Å². The second-order valence-electron chi connectivity index (χ2n) is 9.11. The maximum absolute atomic E-state index is 13.4. The van der Waals surface area contributed by atoms with Crippen molar-refractivity contribution >= 4 is 52.2 Å². The van der Waals surface area contributed by atoms with Gasteiger partial charge in [0, 0.05) is 17.8 Å². The molecule has 1 N–H and O–H groups in total. The molecule has 0 spiro atoms. The lowest BCUT2D eigenvalue weighted by Crippen LogP contribution is -2.54. The Hall–Kier alpha value is -3.45. The number of thiocarbonyl (C=S) groups is 1. The van der Waals surface area contributed by atoms with Crippen molar-refractivity contribution in [2.24, 2.45) is 0 Å². The number of methoxy groups -OCH3 is 1. The highest BCUT2D eigenvalue weighted by molar-refractivity contribution is 7.80. The van der Waals surface area contributed by atoms with E-state index < -0.39 is 11.8 Å². The van der Waals surface area contributed by atoms with E-state index in [0.29, 0.717) is 11.4 Å². The van der Waals surface area contributed by atoms with E-state index in [9.17, 15) is 9.59 Å². The molecular formula is C27H29N3O3S. The first-order valence-electron chi connectivity index (χ1n) is 11.2. The smallest absolute Gasteiger partial charge is 0.270 e. The zero-order valence-corrected chi connectivity index (χ0v) is 21.2. The third-order valence-corrected chi connectivity index (χ3v) is 6.70. The normalized spacial score (nSPS) is 18.6. The maximum Gasteiger partial charge on any atom is 0.270 e. The van der Waals surface area contributed by atoms with Gasteiger partial charge in [0.05, 0.1) is 18.3 Å².